The molecule has 0 bridgehead atoms. The molecule has 1 unspecified atom stereocenters. The first-order valence-corrected chi connectivity index (χ1v) is 6.03. The zero-order chi connectivity index (χ0) is 12.4. The van der Waals surface area contributed by atoms with Crippen molar-refractivity contribution in [3.05, 3.63) is 46.6 Å². The number of amides is 1. The lowest BCUT2D eigenvalue weighted by Gasteiger charge is -2.22. The van der Waals surface area contributed by atoms with Gasteiger partial charge in [0.05, 0.1) is 12.3 Å². The second kappa shape index (κ2) is 4.79. The summed E-state index contributed by atoms with van der Waals surface area (Å²) in [5, 5.41) is 0. The molecular weight excluding hydrogens is 284 g/mol. The zero-order valence-corrected chi connectivity index (χ0v) is 11.2. The minimum atomic E-state index is -0.0976. The van der Waals surface area contributed by atoms with Crippen molar-refractivity contribution in [1.82, 2.24) is 9.88 Å². The van der Waals surface area contributed by atoms with E-state index in [1.54, 1.807) is 30.5 Å². The molecule has 0 aliphatic rings. The lowest BCUT2D eigenvalue weighted by atomic mass is 10.2. The third kappa shape index (κ3) is 2.44. The number of nitrogens with zero attached hydrogens (tertiary/aromatic N) is 1. The van der Waals surface area contributed by atoms with E-state index in [1.165, 1.54) is 0 Å². The number of rotatable bonds is 3. The standard InChI is InChI=1S/C12H13BrN2O2/c1-8(11-4-3-5-17-11)15(2)12(16)10-6-9(13)7-14-10/h3-8,14H,1-2H3. The largest absolute Gasteiger partial charge is 0.467 e. The number of nitrogens with one attached hydrogen (secondary N) is 1. The summed E-state index contributed by atoms with van der Waals surface area (Å²) in [6, 6.07) is 5.34. The molecule has 2 aromatic heterocycles. The molecule has 2 heterocycles. The van der Waals surface area contributed by atoms with Gasteiger partial charge in [0.25, 0.3) is 5.91 Å². The molecule has 90 valence electrons. The van der Waals surface area contributed by atoms with E-state index < -0.39 is 0 Å². The van der Waals surface area contributed by atoms with Crippen molar-refractivity contribution in [2.45, 2.75) is 13.0 Å². The van der Waals surface area contributed by atoms with Gasteiger partial charge >= 0.3 is 0 Å². The van der Waals surface area contributed by atoms with Crippen LogP contribution in [0.25, 0.3) is 0 Å². The molecule has 0 fully saturated rings. The highest BCUT2D eigenvalue weighted by atomic mass is 79.9. The van der Waals surface area contributed by atoms with Gasteiger partial charge in [-0.3, -0.25) is 4.79 Å². The molecule has 0 aliphatic carbocycles. The molecule has 1 amide bonds. The van der Waals surface area contributed by atoms with Crippen molar-refractivity contribution in [3.63, 3.8) is 0 Å². The Hall–Kier alpha value is -1.49. The smallest absolute Gasteiger partial charge is 0.270 e. The van der Waals surface area contributed by atoms with Crippen LogP contribution in [-0.2, 0) is 0 Å². The minimum Gasteiger partial charge on any atom is -0.467 e. The predicted molar refractivity (Wildman–Crippen MR) is 67.7 cm³/mol. The second-order valence-electron chi connectivity index (χ2n) is 3.84. The lowest BCUT2D eigenvalue weighted by Crippen LogP contribution is -2.29. The number of halogens is 1. The fourth-order valence-electron chi connectivity index (χ4n) is 1.58. The molecule has 1 atom stereocenters. The first-order chi connectivity index (χ1) is 8.09. The van der Waals surface area contributed by atoms with Crippen LogP contribution < -0.4 is 0 Å². The highest BCUT2D eigenvalue weighted by molar-refractivity contribution is 9.10. The van der Waals surface area contributed by atoms with E-state index >= 15 is 0 Å². The second-order valence-corrected chi connectivity index (χ2v) is 4.75. The Morgan fingerprint density at radius 1 is 1.59 bits per heavy atom. The number of H-pyrrole nitrogens is 1. The summed E-state index contributed by atoms with van der Waals surface area (Å²) >= 11 is 3.30. The van der Waals surface area contributed by atoms with E-state index in [1.807, 2.05) is 19.1 Å². The maximum atomic E-state index is 12.1. The van der Waals surface area contributed by atoms with Crippen LogP contribution in [0.5, 0.6) is 0 Å². The topological polar surface area (TPSA) is 49.2 Å². The number of aromatic nitrogens is 1. The number of aromatic amines is 1. The molecule has 1 N–H and O–H groups in total. The normalized spacial score (nSPS) is 12.4. The SMILES string of the molecule is CC(c1ccco1)N(C)C(=O)c1cc(Br)c[nH]1. The number of furan rings is 1. The molecular formula is C12H13BrN2O2. The Bertz CT molecular complexity index is 504. The number of carbonyl (C=O) groups is 1. The Morgan fingerprint density at radius 2 is 2.35 bits per heavy atom. The van der Waals surface area contributed by atoms with Crippen molar-refractivity contribution in [2.24, 2.45) is 0 Å². The fraction of sp³-hybridized carbons (Fsp3) is 0.250. The van der Waals surface area contributed by atoms with Gasteiger partial charge in [-0.05, 0) is 41.1 Å². The van der Waals surface area contributed by atoms with Gasteiger partial charge in [0, 0.05) is 17.7 Å². The van der Waals surface area contributed by atoms with Gasteiger partial charge in [0.1, 0.15) is 11.5 Å². The summed E-state index contributed by atoms with van der Waals surface area (Å²) in [7, 11) is 1.75. The van der Waals surface area contributed by atoms with E-state index in [0.717, 1.165) is 10.2 Å². The van der Waals surface area contributed by atoms with Gasteiger partial charge in [0.15, 0.2) is 0 Å². The number of hydrogen-bond acceptors (Lipinski definition) is 2. The summed E-state index contributed by atoms with van der Waals surface area (Å²) in [5.41, 5.74) is 0.554. The third-order valence-corrected chi connectivity index (χ3v) is 3.19. The predicted octanol–water partition coefficient (Wildman–Crippen LogP) is 3.20. The van der Waals surface area contributed by atoms with Crippen LogP contribution >= 0.6 is 15.9 Å². The van der Waals surface area contributed by atoms with Crippen LogP contribution in [0.3, 0.4) is 0 Å². The molecule has 0 aliphatic heterocycles. The Kier molecular flexibility index (Phi) is 3.38. The Morgan fingerprint density at radius 3 is 2.88 bits per heavy atom. The summed E-state index contributed by atoms with van der Waals surface area (Å²) in [6.07, 6.45) is 3.34. The van der Waals surface area contributed by atoms with Crippen LogP contribution in [0.15, 0.2) is 39.5 Å². The van der Waals surface area contributed by atoms with E-state index in [9.17, 15) is 4.79 Å². The molecule has 0 saturated carbocycles. The molecule has 2 rings (SSSR count). The maximum absolute atomic E-state index is 12.1. The van der Waals surface area contributed by atoms with Gasteiger partial charge in [-0.15, -0.1) is 0 Å². The Balaban J connectivity index is 2.15. The molecule has 0 saturated heterocycles. The van der Waals surface area contributed by atoms with Crippen LogP contribution in [0.1, 0.15) is 29.2 Å². The Labute approximate surface area is 108 Å². The first-order valence-electron chi connectivity index (χ1n) is 5.24. The van der Waals surface area contributed by atoms with Crippen LogP contribution in [0.2, 0.25) is 0 Å². The zero-order valence-electron chi connectivity index (χ0n) is 9.61. The average molecular weight is 297 g/mol. The molecule has 5 heteroatoms. The summed E-state index contributed by atoms with van der Waals surface area (Å²) < 4.78 is 6.16. The quantitative estimate of drug-likeness (QED) is 0.945. The van der Waals surface area contributed by atoms with E-state index in [2.05, 4.69) is 20.9 Å². The highest BCUT2D eigenvalue weighted by Crippen LogP contribution is 2.21. The van der Waals surface area contributed by atoms with Crippen molar-refractivity contribution in [1.29, 1.82) is 0 Å². The van der Waals surface area contributed by atoms with Gasteiger partial charge in [-0.1, -0.05) is 0 Å². The molecule has 17 heavy (non-hydrogen) atoms. The minimum absolute atomic E-state index is 0.0698. The van der Waals surface area contributed by atoms with Crippen LogP contribution in [-0.4, -0.2) is 22.8 Å². The van der Waals surface area contributed by atoms with Gasteiger partial charge in [0.2, 0.25) is 0 Å². The van der Waals surface area contributed by atoms with E-state index in [-0.39, 0.29) is 11.9 Å². The molecule has 0 spiro atoms. The lowest BCUT2D eigenvalue weighted by molar-refractivity contribution is 0.0721. The van der Waals surface area contributed by atoms with Crippen LogP contribution in [0, 0.1) is 0 Å². The summed E-state index contributed by atoms with van der Waals surface area (Å²) in [5.74, 6) is 0.700. The molecule has 0 aromatic carbocycles. The number of hydrogen-bond donors (Lipinski definition) is 1. The average Bonchev–Trinajstić information content (AvgIpc) is 2.96. The molecule has 4 nitrogen and oxygen atoms in total. The maximum Gasteiger partial charge on any atom is 0.270 e. The van der Waals surface area contributed by atoms with Crippen molar-refractivity contribution < 1.29 is 9.21 Å². The molecule has 0 radical (unpaired) electrons. The monoisotopic (exact) mass is 296 g/mol. The highest BCUT2D eigenvalue weighted by Gasteiger charge is 2.21. The van der Waals surface area contributed by atoms with E-state index in [0.29, 0.717) is 5.69 Å². The van der Waals surface area contributed by atoms with Crippen molar-refractivity contribution in [2.75, 3.05) is 7.05 Å². The van der Waals surface area contributed by atoms with Crippen molar-refractivity contribution >= 4 is 21.8 Å². The third-order valence-electron chi connectivity index (χ3n) is 2.73. The van der Waals surface area contributed by atoms with Gasteiger partial charge in [-0.25, -0.2) is 0 Å². The molecule has 2 aromatic rings. The van der Waals surface area contributed by atoms with Gasteiger partial charge < -0.3 is 14.3 Å². The van der Waals surface area contributed by atoms with Crippen LogP contribution in [0.4, 0.5) is 0 Å². The first kappa shape index (κ1) is 12.0. The fourth-order valence-corrected chi connectivity index (χ4v) is 1.92. The summed E-state index contributed by atoms with van der Waals surface area (Å²) in [4.78, 5) is 16.7. The van der Waals surface area contributed by atoms with Crippen molar-refractivity contribution in [3.8, 4) is 0 Å². The van der Waals surface area contributed by atoms with Gasteiger partial charge in [-0.2, -0.15) is 0 Å². The van der Waals surface area contributed by atoms with E-state index in [4.69, 9.17) is 4.42 Å². The number of carbonyl (C=O) groups excluding carboxylic acids is 1. The summed E-state index contributed by atoms with van der Waals surface area (Å²) in [6.45, 7) is 1.93.